The third-order valence-electron chi connectivity index (χ3n) is 3.63. The Morgan fingerprint density at radius 2 is 1.43 bits per heavy atom. The molecule has 0 saturated carbocycles. The van der Waals surface area contributed by atoms with Gasteiger partial charge in [-0.25, -0.2) is 0 Å². The molecule has 0 radical (unpaired) electrons. The standard InChI is InChI=1S/C18H21Cl2N/c1-12(2)15-6-3-13(4-7-15)9-16(21)10-14-5-8-17(19)18(20)11-14/h3-8,11-12,16H,9-10,21H2,1-2H3. The predicted molar refractivity (Wildman–Crippen MR) is 92.4 cm³/mol. The molecule has 0 aliphatic heterocycles. The van der Waals surface area contributed by atoms with Gasteiger partial charge in [0.05, 0.1) is 10.0 Å². The lowest BCUT2D eigenvalue weighted by Gasteiger charge is -2.13. The quantitative estimate of drug-likeness (QED) is 0.801. The maximum Gasteiger partial charge on any atom is 0.0595 e. The second-order valence-electron chi connectivity index (χ2n) is 5.81. The molecule has 21 heavy (non-hydrogen) atoms. The Kier molecular flexibility index (Phi) is 5.69. The zero-order valence-corrected chi connectivity index (χ0v) is 14.0. The van der Waals surface area contributed by atoms with Crippen molar-refractivity contribution >= 4 is 23.2 Å². The lowest BCUT2D eigenvalue weighted by atomic mass is 9.97. The minimum atomic E-state index is 0.0761. The van der Waals surface area contributed by atoms with Crippen LogP contribution in [0.2, 0.25) is 10.0 Å². The minimum absolute atomic E-state index is 0.0761. The third kappa shape index (κ3) is 4.74. The highest BCUT2D eigenvalue weighted by molar-refractivity contribution is 6.42. The van der Waals surface area contributed by atoms with Crippen molar-refractivity contribution in [3.63, 3.8) is 0 Å². The Balaban J connectivity index is 1.97. The van der Waals surface area contributed by atoms with E-state index in [0.29, 0.717) is 16.0 Å². The summed E-state index contributed by atoms with van der Waals surface area (Å²) in [4.78, 5) is 0. The zero-order valence-electron chi connectivity index (χ0n) is 12.4. The third-order valence-corrected chi connectivity index (χ3v) is 4.37. The van der Waals surface area contributed by atoms with E-state index in [1.807, 2.05) is 18.2 Å². The van der Waals surface area contributed by atoms with E-state index < -0.39 is 0 Å². The molecule has 112 valence electrons. The molecule has 0 saturated heterocycles. The number of hydrogen-bond acceptors (Lipinski definition) is 1. The number of nitrogens with two attached hydrogens (primary N) is 1. The first-order valence-electron chi connectivity index (χ1n) is 7.24. The highest BCUT2D eigenvalue weighted by atomic mass is 35.5. The first-order valence-corrected chi connectivity index (χ1v) is 7.99. The van der Waals surface area contributed by atoms with Gasteiger partial charge in [0.2, 0.25) is 0 Å². The van der Waals surface area contributed by atoms with Crippen LogP contribution in [-0.2, 0) is 12.8 Å². The summed E-state index contributed by atoms with van der Waals surface area (Å²) < 4.78 is 0. The molecule has 0 aliphatic carbocycles. The molecule has 2 rings (SSSR count). The zero-order chi connectivity index (χ0) is 15.4. The van der Waals surface area contributed by atoms with Crippen molar-refractivity contribution in [3.05, 3.63) is 69.2 Å². The Hall–Kier alpha value is -1.02. The molecule has 1 nitrogen and oxygen atoms in total. The molecule has 0 bridgehead atoms. The summed E-state index contributed by atoms with van der Waals surface area (Å²) in [6.45, 7) is 4.40. The van der Waals surface area contributed by atoms with Crippen molar-refractivity contribution in [2.75, 3.05) is 0 Å². The average Bonchev–Trinajstić information content (AvgIpc) is 2.43. The molecule has 2 aromatic carbocycles. The van der Waals surface area contributed by atoms with Crippen molar-refractivity contribution in [3.8, 4) is 0 Å². The fourth-order valence-electron chi connectivity index (χ4n) is 2.38. The van der Waals surface area contributed by atoms with Crippen LogP contribution in [-0.4, -0.2) is 6.04 Å². The number of halogens is 2. The first kappa shape index (κ1) is 16.4. The van der Waals surface area contributed by atoms with Crippen LogP contribution >= 0.6 is 23.2 Å². The van der Waals surface area contributed by atoms with Gasteiger partial charge in [-0.05, 0) is 47.6 Å². The van der Waals surface area contributed by atoms with Crippen LogP contribution < -0.4 is 5.73 Å². The molecule has 2 N–H and O–H groups in total. The van der Waals surface area contributed by atoms with Gasteiger partial charge in [-0.1, -0.05) is 67.4 Å². The van der Waals surface area contributed by atoms with Gasteiger partial charge in [0.25, 0.3) is 0 Å². The van der Waals surface area contributed by atoms with Gasteiger partial charge in [0.15, 0.2) is 0 Å². The van der Waals surface area contributed by atoms with Gasteiger partial charge in [-0.3, -0.25) is 0 Å². The Morgan fingerprint density at radius 1 is 0.857 bits per heavy atom. The van der Waals surface area contributed by atoms with Gasteiger partial charge >= 0.3 is 0 Å². The monoisotopic (exact) mass is 321 g/mol. The van der Waals surface area contributed by atoms with Crippen LogP contribution in [0.15, 0.2) is 42.5 Å². The normalized spacial score (nSPS) is 12.7. The predicted octanol–water partition coefficient (Wildman–Crippen LogP) is 5.23. The molecule has 0 fully saturated rings. The Labute approximate surface area is 137 Å². The number of rotatable bonds is 5. The molecule has 1 unspecified atom stereocenters. The molecule has 0 aromatic heterocycles. The second-order valence-corrected chi connectivity index (χ2v) is 6.63. The average molecular weight is 322 g/mol. The molecule has 3 heteroatoms. The highest BCUT2D eigenvalue weighted by Crippen LogP contribution is 2.23. The van der Waals surface area contributed by atoms with Crippen molar-refractivity contribution in [2.45, 2.75) is 38.6 Å². The van der Waals surface area contributed by atoms with Gasteiger partial charge in [-0.15, -0.1) is 0 Å². The molecule has 0 spiro atoms. The van der Waals surface area contributed by atoms with E-state index in [1.165, 1.54) is 11.1 Å². The van der Waals surface area contributed by atoms with Crippen LogP contribution in [0.5, 0.6) is 0 Å². The van der Waals surface area contributed by atoms with Crippen molar-refractivity contribution in [1.82, 2.24) is 0 Å². The summed E-state index contributed by atoms with van der Waals surface area (Å²) in [5.74, 6) is 0.559. The van der Waals surface area contributed by atoms with E-state index in [1.54, 1.807) is 0 Å². The summed E-state index contributed by atoms with van der Waals surface area (Å²) in [6.07, 6.45) is 1.65. The lowest BCUT2D eigenvalue weighted by Crippen LogP contribution is -2.25. The fourth-order valence-corrected chi connectivity index (χ4v) is 2.70. The van der Waals surface area contributed by atoms with Gasteiger partial charge in [-0.2, -0.15) is 0 Å². The number of benzene rings is 2. The molecular formula is C18H21Cl2N. The van der Waals surface area contributed by atoms with E-state index in [9.17, 15) is 0 Å². The number of hydrogen-bond donors (Lipinski definition) is 1. The van der Waals surface area contributed by atoms with Crippen molar-refractivity contribution in [1.29, 1.82) is 0 Å². The van der Waals surface area contributed by atoms with E-state index in [0.717, 1.165) is 18.4 Å². The molecular weight excluding hydrogens is 301 g/mol. The van der Waals surface area contributed by atoms with Crippen LogP contribution in [0.25, 0.3) is 0 Å². The summed E-state index contributed by atoms with van der Waals surface area (Å²) >= 11 is 12.0. The minimum Gasteiger partial charge on any atom is -0.327 e. The maximum atomic E-state index is 6.25. The second kappa shape index (κ2) is 7.31. The SMILES string of the molecule is CC(C)c1ccc(CC(N)Cc2ccc(Cl)c(Cl)c2)cc1. The van der Waals surface area contributed by atoms with Crippen molar-refractivity contribution < 1.29 is 0 Å². The van der Waals surface area contributed by atoms with E-state index in [2.05, 4.69) is 38.1 Å². The smallest absolute Gasteiger partial charge is 0.0595 e. The topological polar surface area (TPSA) is 26.0 Å². The summed E-state index contributed by atoms with van der Waals surface area (Å²) in [5.41, 5.74) is 10.00. The van der Waals surface area contributed by atoms with Gasteiger partial charge in [0.1, 0.15) is 0 Å². The summed E-state index contributed by atoms with van der Waals surface area (Å²) in [7, 11) is 0. The van der Waals surface area contributed by atoms with E-state index >= 15 is 0 Å². The van der Waals surface area contributed by atoms with Gasteiger partial charge in [0, 0.05) is 6.04 Å². The first-order chi connectivity index (χ1) is 9.95. The van der Waals surface area contributed by atoms with Crippen LogP contribution in [0.1, 0.15) is 36.5 Å². The van der Waals surface area contributed by atoms with Crippen LogP contribution in [0.4, 0.5) is 0 Å². The molecule has 2 aromatic rings. The van der Waals surface area contributed by atoms with Crippen LogP contribution in [0.3, 0.4) is 0 Å². The fraction of sp³-hybridized carbons (Fsp3) is 0.333. The Morgan fingerprint density at radius 3 is 2.00 bits per heavy atom. The van der Waals surface area contributed by atoms with E-state index in [4.69, 9.17) is 28.9 Å². The van der Waals surface area contributed by atoms with Crippen molar-refractivity contribution in [2.24, 2.45) is 5.73 Å². The molecule has 0 amide bonds. The maximum absolute atomic E-state index is 6.25. The lowest BCUT2D eigenvalue weighted by molar-refractivity contribution is 0.664. The Bertz CT molecular complexity index is 591. The van der Waals surface area contributed by atoms with E-state index in [-0.39, 0.29) is 6.04 Å². The molecule has 1 atom stereocenters. The largest absolute Gasteiger partial charge is 0.327 e. The summed E-state index contributed by atoms with van der Waals surface area (Å²) in [5, 5.41) is 1.17. The molecule has 0 aliphatic rings. The van der Waals surface area contributed by atoms with Gasteiger partial charge < -0.3 is 5.73 Å². The molecule has 0 heterocycles. The highest BCUT2D eigenvalue weighted by Gasteiger charge is 2.08. The summed E-state index contributed by atoms with van der Waals surface area (Å²) in [6, 6.07) is 14.5. The van der Waals surface area contributed by atoms with Crippen LogP contribution in [0, 0.1) is 0 Å².